The molecule has 30 heavy (non-hydrogen) atoms. The Morgan fingerprint density at radius 1 is 1.13 bits per heavy atom. The normalized spacial score (nSPS) is 19.8. The van der Waals surface area contributed by atoms with Gasteiger partial charge >= 0.3 is 6.18 Å². The highest BCUT2D eigenvalue weighted by molar-refractivity contribution is 6.01. The molecule has 2 aliphatic rings. The van der Waals surface area contributed by atoms with E-state index in [9.17, 15) is 22.8 Å². The van der Waals surface area contributed by atoms with Crippen molar-refractivity contribution in [1.82, 2.24) is 10.3 Å². The second-order valence-corrected chi connectivity index (χ2v) is 7.56. The van der Waals surface area contributed by atoms with Gasteiger partial charge in [-0.1, -0.05) is 18.2 Å². The first-order valence-corrected chi connectivity index (χ1v) is 9.78. The first-order valence-electron chi connectivity index (χ1n) is 9.78. The molecule has 1 saturated heterocycles. The summed E-state index contributed by atoms with van der Waals surface area (Å²) in [6.07, 6.45) is -2.16. The minimum atomic E-state index is -4.41. The van der Waals surface area contributed by atoms with Crippen LogP contribution in [0.5, 0.6) is 0 Å². The summed E-state index contributed by atoms with van der Waals surface area (Å²) in [6, 6.07) is 9.62. The molecule has 9 heteroatoms. The van der Waals surface area contributed by atoms with E-state index < -0.39 is 17.7 Å². The minimum absolute atomic E-state index is 0.0552. The molecule has 0 spiro atoms. The molecule has 2 aromatic rings. The first-order chi connectivity index (χ1) is 14.3. The summed E-state index contributed by atoms with van der Waals surface area (Å²) in [6.45, 7) is 1.15. The fraction of sp³-hybridized carbons (Fsp3) is 0.381. The summed E-state index contributed by atoms with van der Waals surface area (Å²) in [5.41, 5.74) is 0.697. The molecule has 6 nitrogen and oxygen atoms in total. The van der Waals surface area contributed by atoms with Crippen LogP contribution in [0.4, 0.5) is 24.7 Å². The number of benzene rings is 1. The highest BCUT2D eigenvalue weighted by Gasteiger charge is 2.33. The smallest absolute Gasteiger partial charge is 0.356 e. The van der Waals surface area contributed by atoms with Crippen LogP contribution >= 0.6 is 0 Å². The summed E-state index contributed by atoms with van der Waals surface area (Å²) in [4.78, 5) is 30.6. The molecule has 1 atom stereocenters. The van der Waals surface area contributed by atoms with Crippen LogP contribution in [-0.2, 0) is 15.8 Å². The molecular weight excluding hydrogens is 397 g/mol. The van der Waals surface area contributed by atoms with Crippen molar-refractivity contribution >= 4 is 23.3 Å². The van der Waals surface area contributed by atoms with Crippen molar-refractivity contribution in [3.8, 4) is 0 Å². The summed E-state index contributed by atoms with van der Waals surface area (Å²) in [5.74, 6) is -0.393. The molecule has 0 saturated carbocycles. The number of nitrogens with one attached hydrogen (secondary N) is 2. The number of alkyl halides is 3. The monoisotopic (exact) mass is 418 g/mol. The molecule has 1 aromatic heterocycles. The zero-order chi connectivity index (χ0) is 21.3. The molecule has 4 rings (SSSR count). The molecule has 3 heterocycles. The van der Waals surface area contributed by atoms with E-state index in [-0.39, 0.29) is 24.3 Å². The van der Waals surface area contributed by atoms with E-state index in [0.29, 0.717) is 37.4 Å². The predicted molar refractivity (Wildman–Crippen MR) is 105 cm³/mol. The molecule has 1 aromatic carbocycles. The third-order valence-corrected chi connectivity index (χ3v) is 5.56. The lowest BCUT2D eigenvalue weighted by Gasteiger charge is -2.34. The topological polar surface area (TPSA) is 74.3 Å². The lowest BCUT2D eigenvalue weighted by atomic mass is 9.89. The van der Waals surface area contributed by atoms with Gasteiger partial charge in [0, 0.05) is 37.4 Å². The van der Waals surface area contributed by atoms with Crippen molar-refractivity contribution in [2.75, 3.05) is 23.3 Å². The first kappa shape index (κ1) is 20.2. The third-order valence-electron chi connectivity index (χ3n) is 5.56. The number of carbonyl (C=O) groups is 2. The van der Waals surface area contributed by atoms with E-state index >= 15 is 0 Å². The van der Waals surface area contributed by atoms with E-state index in [2.05, 4.69) is 15.6 Å². The van der Waals surface area contributed by atoms with Gasteiger partial charge in [0.2, 0.25) is 11.8 Å². The van der Waals surface area contributed by atoms with Gasteiger partial charge in [-0.2, -0.15) is 13.2 Å². The molecule has 2 amide bonds. The maximum atomic E-state index is 12.8. The number of piperidine rings is 1. The van der Waals surface area contributed by atoms with Crippen molar-refractivity contribution in [3.63, 3.8) is 0 Å². The van der Waals surface area contributed by atoms with Crippen LogP contribution in [0.15, 0.2) is 42.6 Å². The maximum absolute atomic E-state index is 12.8. The fourth-order valence-corrected chi connectivity index (χ4v) is 3.94. The van der Waals surface area contributed by atoms with Gasteiger partial charge in [-0.25, -0.2) is 4.98 Å². The van der Waals surface area contributed by atoms with E-state index in [4.69, 9.17) is 0 Å². The number of hydrogen-bond acceptors (Lipinski definition) is 4. The largest absolute Gasteiger partial charge is 0.417 e. The quantitative estimate of drug-likeness (QED) is 0.802. The van der Waals surface area contributed by atoms with Crippen LogP contribution in [0.25, 0.3) is 0 Å². The fourth-order valence-electron chi connectivity index (χ4n) is 3.94. The standard InChI is InChI=1S/C21H21F3N4O2/c22-21(23,24)13-5-6-18(25-12-13)28-9-7-14(8-10-28)26-20(30)16-11-19(29)27-17-4-2-1-3-15(16)17/h1-6,12,14,16H,7-11H2,(H,26,30)(H,27,29). The molecule has 0 aliphatic carbocycles. The summed E-state index contributed by atoms with van der Waals surface area (Å²) >= 11 is 0. The molecule has 158 valence electrons. The number of pyridine rings is 1. The Morgan fingerprint density at radius 2 is 1.87 bits per heavy atom. The molecule has 0 bridgehead atoms. The number of halogens is 3. The SMILES string of the molecule is O=C1CC(C(=O)NC2CCN(c3ccc(C(F)(F)F)cn3)CC2)c2ccccc2N1. The molecule has 0 radical (unpaired) electrons. The zero-order valence-electron chi connectivity index (χ0n) is 16.1. The Kier molecular flexibility index (Phi) is 5.36. The number of aromatic nitrogens is 1. The highest BCUT2D eigenvalue weighted by atomic mass is 19.4. The van der Waals surface area contributed by atoms with E-state index in [0.717, 1.165) is 17.8 Å². The second-order valence-electron chi connectivity index (χ2n) is 7.56. The molecule has 2 N–H and O–H groups in total. The Morgan fingerprint density at radius 3 is 2.53 bits per heavy atom. The number of para-hydroxylation sites is 1. The number of amides is 2. The lowest BCUT2D eigenvalue weighted by molar-refractivity contribution is -0.137. The van der Waals surface area contributed by atoms with Gasteiger partial charge in [-0.15, -0.1) is 0 Å². The second kappa shape index (κ2) is 7.97. The lowest BCUT2D eigenvalue weighted by Crippen LogP contribution is -2.47. The van der Waals surface area contributed by atoms with Gasteiger partial charge in [-0.05, 0) is 36.6 Å². The van der Waals surface area contributed by atoms with Gasteiger partial charge in [-0.3, -0.25) is 9.59 Å². The molecule has 2 aliphatic heterocycles. The molecular formula is C21H21F3N4O2. The van der Waals surface area contributed by atoms with Gasteiger partial charge in [0.15, 0.2) is 0 Å². The summed E-state index contributed by atoms with van der Waals surface area (Å²) in [7, 11) is 0. The number of fused-ring (bicyclic) bond motifs is 1. The van der Waals surface area contributed by atoms with Crippen molar-refractivity contribution in [3.05, 3.63) is 53.7 Å². The van der Waals surface area contributed by atoms with E-state index in [1.54, 1.807) is 6.07 Å². The molecule has 1 fully saturated rings. The average Bonchev–Trinajstić information content (AvgIpc) is 2.73. The zero-order valence-corrected chi connectivity index (χ0v) is 16.1. The maximum Gasteiger partial charge on any atom is 0.417 e. The predicted octanol–water partition coefficient (Wildman–Crippen LogP) is 3.31. The van der Waals surface area contributed by atoms with Crippen molar-refractivity contribution in [2.24, 2.45) is 0 Å². The van der Waals surface area contributed by atoms with Crippen LogP contribution in [-0.4, -0.2) is 35.9 Å². The third kappa shape index (κ3) is 4.24. The highest BCUT2D eigenvalue weighted by Crippen LogP contribution is 2.33. The average molecular weight is 418 g/mol. The van der Waals surface area contributed by atoms with Crippen molar-refractivity contribution in [2.45, 2.75) is 37.4 Å². The Bertz CT molecular complexity index is 938. The summed E-state index contributed by atoms with van der Waals surface area (Å²) < 4.78 is 38.1. The van der Waals surface area contributed by atoms with E-state index in [1.165, 1.54) is 6.07 Å². The minimum Gasteiger partial charge on any atom is -0.356 e. The van der Waals surface area contributed by atoms with Crippen LogP contribution in [0, 0.1) is 0 Å². The summed E-state index contributed by atoms with van der Waals surface area (Å²) in [5, 5.41) is 5.82. The Hall–Kier alpha value is -3.10. The number of carbonyl (C=O) groups excluding carboxylic acids is 2. The van der Waals surface area contributed by atoms with Crippen LogP contribution in [0.3, 0.4) is 0 Å². The van der Waals surface area contributed by atoms with Crippen LogP contribution in [0.2, 0.25) is 0 Å². The Balaban J connectivity index is 1.35. The van der Waals surface area contributed by atoms with Crippen molar-refractivity contribution < 1.29 is 22.8 Å². The van der Waals surface area contributed by atoms with Crippen LogP contribution < -0.4 is 15.5 Å². The number of anilines is 2. The number of nitrogens with zero attached hydrogens (tertiary/aromatic N) is 2. The van der Waals surface area contributed by atoms with Crippen LogP contribution in [0.1, 0.15) is 36.3 Å². The van der Waals surface area contributed by atoms with Gasteiger partial charge in [0.25, 0.3) is 0 Å². The molecule has 1 unspecified atom stereocenters. The van der Waals surface area contributed by atoms with Gasteiger partial charge in [0.05, 0.1) is 11.5 Å². The van der Waals surface area contributed by atoms with Crippen molar-refractivity contribution in [1.29, 1.82) is 0 Å². The van der Waals surface area contributed by atoms with Gasteiger partial charge < -0.3 is 15.5 Å². The number of hydrogen-bond donors (Lipinski definition) is 2. The Labute approximate surface area is 171 Å². The van der Waals surface area contributed by atoms with E-state index in [1.807, 2.05) is 23.1 Å². The van der Waals surface area contributed by atoms with Gasteiger partial charge in [0.1, 0.15) is 5.82 Å². The number of rotatable bonds is 3.